The summed E-state index contributed by atoms with van der Waals surface area (Å²) in [7, 11) is 3.23. The Kier molecular flexibility index (Phi) is 7.26. The number of methoxy groups -OCH3 is 1. The topological polar surface area (TPSA) is 78.3 Å². The highest BCUT2D eigenvalue weighted by Gasteiger charge is 2.19. The average Bonchev–Trinajstić information content (AvgIpc) is 3.29. The molecule has 33 heavy (non-hydrogen) atoms. The Labute approximate surface area is 196 Å². The number of nitrogens with zero attached hydrogens (tertiary/aromatic N) is 3. The second kappa shape index (κ2) is 10.7. The first-order chi connectivity index (χ1) is 16.2. The molecule has 0 bridgehead atoms. The molecule has 1 heterocycles. The molecular weight excluding hydrogens is 436 g/mol. The fourth-order valence-corrected chi connectivity index (χ4v) is 4.17. The molecule has 0 saturated carbocycles. The van der Waals surface area contributed by atoms with Gasteiger partial charge in [0.2, 0.25) is 5.91 Å². The summed E-state index contributed by atoms with van der Waals surface area (Å²) in [5, 5.41) is 11.9. The summed E-state index contributed by atoms with van der Waals surface area (Å²) in [4.78, 5) is 11.8. The molecule has 1 amide bonds. The lowest BCUT2D eigenvalue weighted by Gasteiger charge is -2.15. The minimum Gasteiger partial charge on any atom is -0.495 e. The minimum absolute atomic E-state index is 0.0934. The van der Waals surface area contributed by atoms with Crippen molar-refractivity contribution >= 4 is 17.7 Å². The van der Waals surface area contributed by atoms with E-state index in [4.69, 9.17) is 9.47 Å². The molecule has 0 radical (unpaired) electrons. The van der Waals surface area contributed by atoms with Gasteiger partial charge in [-0.1, -0.05) is 72.4 Å². The van der Waals surface area contributed by atoms with E-state index in [2.05, 4.69) is 15.5 Å². The van der Waals surface area contributed by atoms with E-state index in [1.165, 1.54) is 11.8 Å². The van der Waals surface area contributed by atoms with Crippen LogP contribution in [-0.2, 0) is 11.4 Å². The Morgan fingerprint density at radius 3 is 2.39 bits per heavy atom. The van der Waals surface area contributed by atoms with E-state index >= 15 is 0 Å². The molecule has 0 aliphatic carbocycles. The summed E-state index contributed by atoms with van der Waals surface area (Å²) in [6.45, 7) is 0.190. The minimum atomic E-state index is -0.0934. The molecule has 1 aromatic heterocycles. The molecule has 0 aliphatic rings. The quantitative estimate of drug-likeness (QED) is 0.374. The number of hydrogen-bond acceptors (Lipinski definition) is 6. The molecule has 0 unspecified atom stereocenters. The normalized spacial score (nSPS) is 10.6. The Bertz CT molecular complexity index is 1230. The van der Waals surface area contributed by atoms with Crippen LogP contribution in [0.2, 0.25) is 0 Å². The number of rotatable bonds is 9. The standard InChI is InChI=1S/C25H24N4O3S/c1-26-24(30)17-33-25-28-27-23(29(25)20-13-7-9-15-22(20)31-2)16-32-21-14-8-6-12-19(21)18-10-4-3-5-11-18/h3-15H,16-17H2,1-2H3,(H,26,30). The van der Waals surface area contributed by atoms with Gasteiger partial charge in [0.25, 0.3) is 0 Å². The van der Waals surface area contributed by atoms with Crippen molar-refractivity contribution < 1.29 is 14.3 Å². The van der Waals surface area contributed by atoms with E-state index < -0.39 is 0 Å². The molecule has 1 N–H and O–H groups in total. The molecule has 4 aromatic rings. The Hall–Kier alpha value is -3.78. The fourth-order valence-electron chi connectivity index (χ4n) is 3.34. The molecule has 0 fully saturated rings. The second-order valence-corrected chi connectivity index (χ2v) is 7.96. The van der Waals surface area contributed by atoms with E-state index in [-0.39, 0.29) is 18.3 Å². The van der Waals surface area contributed by atoms with Gasteiger partial charge in [-0.3, -0.25) is 9.36 Å². The zero-order chi connectivity index (χ0) is 23.0. The van der Waals surface area contributed by atoms with Crippen molar-refractivity contribution in [2.24, 2.45) is 0 Å². The molecule has 4 rings (SSSR count). The number of hydrogen-bond donors (Lipinski definition) is 1. The molecule has 0 atom stereocenters. The highest BCUT2D eigenvalue weighted by Crippen LogP contribution is 2.32. The van der Waals surface area contributed by atoms with Crippen molar-refractivity contribution in [2.75, 3.05) is 19.9 Å². The van der Waals surface area contributed by atoms with Crippen LogP contribution in [0, 0.1) is 0 Å². The first kappa shape index (κ1) is 22.4. The first-order valence-electron chi connectivity index (χ1n) is 10.4. The summed E-state index contributed by atoms with van der Waals surface area (Å²) in [5.74, 6) is 2.15. The monoisotopic (exact) mass is 460 g/mol. The van der Waals surface area contributed by atoms with Crippen molar-refractivity contribution in [1.82, 2.24) is 20.1 Å². The van der Waals surface area contributed by atoms with Gasteiger partial charge in [0.05, 0.1) is 18.6 Å². The lowest BCUT2D eigenvalue weighted by Crippen LogP contribution is -2.20. The third kappa shape index (κ3) is 5.18. The molecular formula is C25H24N4O3S. The predicted molar refractivity (Wildman–Crippen MR) is 129 cm³/mol. The lowest BCUT2D eigenvalue weighted by atomic mass is 10.1. The maximum absolute atomic E-state index is 11.8. The SMILES string of the molecule is CNC(=O)CSc1nnc(COc2ccccc2-c2ccccc2)n1-c1ccccc1OC. The van der Waals surface area contributed by atoms with Crippen LogP contribution in [0.25, 0.3) is 16.8 Å². The number of thioether (sulfide) groups is 1. The van der Waals surface area contributed by atoms with Crippen molar-refractivity contribution in [3.63, 3.8) is 0 Å². The maximum atomic E-state index is 11.8. The number of carbonyl (C=O) groups excluding carboxylic acids is 1. The van der Waals surface area contributed by atoms with Crippen LogP contribution in [0.4, 0.5) is 0 Å². The zero-order valence-electron chi connectivity index (χ0n) is 18.4. The van der Waals surface area contributed by atoms with Crippen molar-refractivity contribution in [3.8, 4) is 28.3 Å². The average molecular weight is 461 g/mol. The number of para-hydroxylation sites is 3. The largest absolute Gasteiger partial charge is 0.495 e. The molecule has 0 spiro atoms. The third-order valence-electron chi connectivity index (χ3n) is 4.97. The highest BCUT2D eigenvalue weighted by molar-refractivity contribution is 7.99. The zero-order valence-corrected chi connectivity index (χ0v) is 19.2. The van der Waals surface area contributed by atoms with Gasteiger partial charge in [0.15, 0.2) is 11.0 Å². The van der Waals surface area contributed by atoms with Crippen LogP contribution < -0.4 is 14.8 Å². The van der Waals surface area contributed by atoms with Gasteiger partial charge in [-0.05, 0) is 23.8 Å². The molecule has 168 valence electrons. The lowest BCUT2D eigenvalue weighted by molar-refractivity contribution is -0.118. The van der Waals surface area contributed by atoms with Crippen LogP contribution in [0.1, 0.15) is 5.82 Å². The van der Waals surface area contributed by atoms with Gasteiger partial charge in [-0.15, -0.1) is 10.2 Å². The summed E-state index contributed by atoms with van der Waals surface area (Å²) >= 11 is 1.30. The number of carbonyl (C=O) groups is 1. The predicted octanol–water partition coefficient (Wildman–Crippen LogP) is 4.36. The molecule has 7 nitrogen and oxygen atoms in total. The van der Waals surface area contributed by atoms with Gasteiger partial charge in [0, 0.05) is 12.6 Å². The summed E-state index contributed by atoms with van der Waals surface area (Å²) in [5.41, 5.74) is 2.84. The van der Waals surface area contributed by atoms with E-state index in [0.717, 1.165) is 22.6 Å². The summed E-state index contributed by atoms with van der Waals surface area (Å²) in [6, 6.07) is 25.6. The Morgan fingerprint density at radius 2 is 1.64 bits per heavy atom. The van der Waals surface area contributed by atoms with Crippen LogP contribution >= 0.6 is 11.8 Å². The van der Waals surface area contributed by atoms with Crippen LogP contribution in [0.15, 0.2) is 84.0 Å². The summed E-state index contributed by atoms with van der Waals surface area (Å²) < 4.78 is 13.7. The number of benzene rings is 3. The Morgan fingerprint density at radius 1 is 0.939 bits per heavy atom. The van der Waals surface area contributed by atoms with Crippen molar-refractivity contribution in [3.05, 3.63) is 84.7 Å². The van der Waals surface area contributed by atoms with Gasteiger partial charge in [0.1, 0.15) is 18.1 Å². The molecule has 3 aromatic carbocycles. The van der Waals surface area contributed by atoms with E-state index in [0.29, 0.717) is 16.7 Å². The van der Waals surface area contributed by atoms with Gasteiger partial charge in [-0.2, -0.15) is 0 Å². The van der Waals surface area contributed by atoms with Gasteiger partial charge < -0.3 is 14.8 Å². The van der Waals surface area contributed by atoms with Crippen LogP contribution in [0.3, 0.4) is 0 Å². The third-order valence-corrected chi connectivity index (χ3v) is 5.90. The number of nitrogens with one attached hydrogen (secondary N) is 1. The van der Waals surface area contributed by atoms with Crippen LogP contribution in [0.5, 0.6) is 11.5 Å². The van der Waals surface area contributed by atoms with E-state index in [1.54, 1.807) is 14.2 Å². The van der Waals surface area contributed by atoms with E-state index in [1.807, 2.05) is 83.4 Å². The number of aromatic nitrogens is 3. The molecule has 0 aliphatic heterocycles. The van der Waals surface area contributed by atoms with Crippen molar-refractivity contribution in [1.29, 1.82) is 0 Å². The molecule has 8 heteroatoms. The highest BCUT2D eigenvalue weighted by atomic mass is 32.2. The number of amides is 1. The number of ether oxygens (including phenoxy) is 2. The first-order valence-corrected chi connectivity index (χ1v) is 11.4. The van der Waals surface area contributed by atoms with E-state index in [9.17, 15) is 4.79 Å². The maximum Gasteiger partial charge on any atom is 0.230 e. The summed E-state index contributed by atoms with van der Waals surface area (Å²) in [6.07, 6.45) is 0. The van der Waals surface area contributed by atoms with Gasteiger partial charge in [-0.25, -0.2) is 0 Å². The Balaban J connectivity index is 1.66. The molecule has 0 saturated heterocycles. The smallest absolute Gasteiger partial charge is 0.230 e. The fraction of sp³-hybridized carbons (Fsp3) is 0.160. The van der Waals surface area contributed by atoms with Gasteiger partial charge >= 0.3 is 0 Å². The van der Waals surface area contributed by atoms with Crippen molar-refractivity contribution in [2.45, 2.75) is 11.8 Å². The van der Waals surface area contributed by atoms with Crippen LogP contribution in [-0.4, -0.2) is 40.6 Å². The second-order valence-electron chi connectivity index (χ2n) is 7.02.